The van der Waals surface area contributed by atoms with Crippen molar-refractivity contribution >= 4 is 5.97 Å². The van der Waals surface area contributed by atoms with Crippen LogP contribution in [-0.4, -0.2) is 25.2 Å². The molecule has 1 fully saturated rings. The van der Waals surface area contributed by atoms with Gasteiger partial charge in [0.1, 0.15) is 5.54 Å². The number of esters is 1. The number of hydrogen-bond acceptors (Lipinski definition) is 3. The first-order valence-corrected chi connectivity index (χ1v) is 6.87. The van der Waals surface area contributed by atoms with Crippen LogP contribution in [0.2, 0.25) is 0 Å². The first-order chi connectivity index (χ1) is 9.87. The number of carbonyl (C=O) groups is 1. The number of benzene rings is 1. The summed E-state index contributed by atoms with van der Waals surface area (Å²) in [7, 11) is 1.30. The summed E-state index contributed by atoms with van der Waals surface area (Å²) in [4.78, 5) is 12.1. The van der Waals surface area contributed by atoms with Gasteiger partial charge in [-0.3, -0.25) is 4.79 Å². The van der Waals surface area contributed by atoms with Crippen molar-refractivity contribution < 1.29 is 22.7 Å². The molecule has 0 aromatic heterocycles. The maximum Gasteiger partial charge on any atom is 0.416 e. The number of hydrogen-bond donors (Lipinski definition) is 1. The van der Waals surface area contributed by atoms with Crippen LogP contribution >= 0.6 is 0 Å². The lowest BCUT2D eigenvalue weighted by Crippen LogP contribution is -2.56. The Kier molecular flexibility index (Phi) is 4.56. The maximum atomic E-state index is 12.8. The van der Waals surface area contributed by atoms with Crippen molar-refractivity contribution in [3.05, 3.63) is 35.4 Å². The fraction of sp³-hybridized carbons (Fsp3) is 0.533. The number of rotatable bonds is 3. The van der Waals surface area contributed by atoms with E-state index >= 15 is 0 Å². The van der Waals surface area contributed by atoms with E-state index in [0.717, 1.165) is 25.0 Å². The van der Waals surface area contributed by atoms with Crippen molar-refractivity contribution in [2.24, 2.45) is 0 Å². The van der Waals surface area contributed by atoms with Crippen LogP contribution < -0.4 is 5.32 Å². The third-order valence-electron chi connectivity index (χ3n) is 3.83. The SMILES string of the molecule is COC(=O)C1(Cc2cccc(C(F)(F)F)c2)CCCCN1. The molecule has 1 aliphatic rings. The topological polar surface area (TPSA) is 38.3 Å². The van der Waals surface area contributed by atoms with Gasteiger partial charge in [-0.1, -0.05) is 18.2 Å². The van der Waals surface area contributed by atoms with Crippen molar-refractivity contribution in [1.29, 1.82) is 0 Å². The van der Waals surface area contributed by atoms with Crippen molar-refractivity contribution in [2.45, 2.75) is 37.4 Å². The van der Waals surface area contributed by atoms with E-state index in [1.54, 1.807) is 6.07 Å². The van der Waals surface area contributed by atoms with Crippen LogP contribution in [-0.2, 0) is 22.1 Å². The van der Waals surface area contributed by atoms with E-state index < -0.39 is 23.2 Å². The Labute approximate surface area is 121 Å². The van der Waals surface area contributed by atoms with E-state index in [4.69, 9.17) is 4.74 Å². The molecular weight excluding hydrogens is 283 g/mol. The normalized spacial score (nSPS) is 22.9. The lowest BCUT2D eigenvalue weighted by atomic mass is 9.83. The highest BCUT2D eigenvalue weighted by molar-refractivity contribution is 5.81. The molecule has 2 rings (SSSR count). The van der Waals surface area contributed by atoms with E-state index in [0.29, 0.717) is 18.5 Å². The Balaban J connectivity index is 2.27. The van der Waals surface area contributed by atoms with Crippen LogP contribution in [0.1, 0.15) is 30.4 Å². The molecule has 1 unspecified atom stereocenters. The van der Waals surface area contributed by atoms with Gasteiger partial charge in [-0.05, 0) is 37.4 Å². The molecule has 6 heteroatoms. The molecular formula is C15H18F3NO2. The second-order valence-electron chi connectivity index (χ2n) is 5.33. The summed E-state index contributed by atoms with van der Waals surface area (Å²) < 4.78 is 43.1. The molecule has 21 heavy (non-hydrogen) atoms. The van der Waals surface area contributed by atoms with E-state index in [-0.39, 0.29) is 6.42 Å². The van der Waals surface area contributed by atoms with Gasteiger partial charge in [-0.2, -0.15) is 13.2 Å². The minimum absolute atomic E-state index is 0.198. The molecule has 1 aromatic carbocycles. The predicted molar refractivity (Wildman–Crippen MR) is 71.7 cm³/mol. The van der Waals surface area contributed by atoms with Crippen molar-refractivity contribution in [3.63, 3.8) is 0 Å². The van der Waals surface area contributed by atoms with Gasteiger partial charge in [0.2, 0.25) is 0 Å². The minimum Gasteiger partial charge on any atom is -0.468 e. The zero-order chi connectivity index (χ0) is 15.5. The Hall–Kier alpha value is -1.56. The van der Waals surface area contributed by atoms with E-state index in [1.807, 2.05) is 0 Å². The Bertz CT molecular complexity index is 508. The fourth-order valence-electron chi connectivity index (χ4n) is 2.77. The monoisotopic (exact) mass is 301 g/mol. The van der Waals surface area contributed by atoms with Gasteiger partial charge in [0.25, 0.3) is 0 Å². The van der Waals surface area contributed by atoms with Crippen molar-refractivity contribution in [3.8, 4) is 0 Å². The molecule has 0 amide bonds. The summed E-state index contributed by atoms with van der Waals surface area (Å²) in [5, 5.41) is 3.13. The van der Waals surface area contributed by atoms with E-state index in [2.05, 4.69) is 5.32 Å². The van der Waals surface area contributed by atoms with Crippen LogP contribution in [0.15, 0.2) is 24.3 Å². The van der Waals surface area contributed by atoms with Gasteiger partial charge in [0.15, 0.2) is 0 Å². The molecule has 0 aliphatic carbocycles. The van der Waals surface area contributed by atoms with Gasteiger partial charge < -0.3 is 10.1 Å². The van der Waals surface area contributed by atoms with Gasteiger partial charge in [-0.25, -0.2) is 0 Å². The van der Waals surface area contributed by atoms with Gasteiger partial charge in [-0.15, -0.1) is 0 Å². The van der Waals surface area contributed by atoms with Crippen LogP contribution in [0.5, 0.6) is 0 Å². The Morgan fingerprint density at radius 2 is 2.14 bits per heavy atom. The second-order valence-corrected chi connectivity index (χ2v) is 5.33. The lowest BCUT2D eigenvalue weighted by Gasteiger charge is -2.36. The van der Waals surface area contributed by atoms with Crippen molar-refractivity contribution in [2.75, 3.05) is 13.7 Å². The molecule has 1 heterocycles. The lowest BCUT2D eigenvalue weighted by molar-refractivity contribution is -0.149. The van der Waals surface area contributed by atoms with E-state index in [1.165, 1.54) is 13.2 Å². The maximum absolute atomic E-state index is 12.8. The van der Waals surface area contributed by atoms with Gasteiger partial charge >= 0.3 is 12.1 Å². The quantitative estimate of drug-likeness (QED) is 0.872. The summed E-state index contributed by atoms with van der Waals surface area (Å²) >= 11 is 0. The largest absolute Gasteiger partial charge is 0.468 e. The molecule has 0 bridgehead atoms. The Morgan fingerprint density at radius 1 is 1.38 bits per heavy atom. The molecule has 116 valence electrons. The van der Waals surface area contributed by atoms with Gasteiger partial charge in [0.05, 0.1) is 12.7 Å². The highest BCUT2D eigenvalue weighted by atomic mass is 19.4. The predicted octanol–water partition coefficient (Wildman–Crippen LogP) is 2.93. The first-order valence-electron chi connectivity index (χ1n) is 6.87. The number of alkyl halides is 3. The van der Waals surface area contributed by atoms with Crippen LogP contribution in [0.4, 0.5) is 13.2 Å². The molecule has 0 saturated carbocycles. The molecule has 1 atom stereocenters. The fourth-order valence-corrected chi connectivity index (χ4v) is 2.77. The standard InChI is InChI=1S/C15H18F3NO2/c1-21-13(20)14(7-2-3-8-19-14)10-11-5-4-6-12(9-11)15(16,17)18/h4-6,9,19H,2-3,7-8,10H2,1H3. The van der Waals surface area contributed by atoms with Crippen LogP contribution in [0.3, 0.4) is 0 Å². The van der Waals surface area contributed by atoms with Gasteiger partial charge in [0, 0.05) is 6.42 Å². The molecule has 1 saturated heterocycles. The average molecular weight is 301 g/mol. The van der Waals surface area contributed by atoms with Crippen molar-refractivity contribution in [1.82, 2.24) is 5.32 Å². The summed E-state index contributed by atoms with van der Waals surface area (Å²) in [5.41, 5.74) is -1.14. The number of methoxy groups -OCH3 is 1. The van der Waals surface area contributed by atoms with Crippen LogP contribution in [0, 0.1) is 0 Å². The molecule has 1 N–H and O–H groups in total. The third-order valence-corrected chi connectivity index (χ3v) is 3.83. The highest BCUT2D eigenvalue weighted by Crippen LogP contribution is 2.31. The third kappa shape index (κ3) is 3.56. The summed E-state index contributed by atoms with van der Waals surface area (Å²) in [6.45, 7) is 0.661. The zero-order valence-electron chi connectivity index (χ0n) is 11.8. The average Bonchev–Trinajstić information content (AvgIpc) is 2.46. The smallest absolute Gasteiger partial charge is 0.416 e. The zero-order valence-corrected chi connectivity index (χ0v) is 11.8. The second kappa shape index (κ2) is 6.05. The molecule has 1 aliphatic heterocycles. The highest BCUT2D eigenvalue weighted by Gasteiger charge is 2.41. The first kappa shape index (κ1) is 15.8. The summed E-state index contributed by atoms with van der Waals surface area (Å²) in [6.07, 6.45) is -1.82. The minimum atomic E-state index is -4.38. The summed E-state index contributed by atoms with van der Waals surface area (Å²) in [5.74, 6) is -0.417. The number of ether oxygens (including phenoxy) is 1. The van der Waals surface area contributed by atoms with E-state index in [9.17, 15) is 18.0 Å². The number of halogens is 3. The number of piperidine rings is 1. The Morgan fingerprint density at radius 3 is 2.71 bits per heavy atom. The molecule has 0 radical (unpaired) electrons. The summed E-state index contributed by atoms with van der Waals surface area (Å²) in [6, 6.07) is 5.10. The molecule has 1 aromatic rings. The molecule has 3 nitrogen and oxygen atoms in total. The van der Waals surface area contributed by atoms with Crippen LogP contribution in [0.25, 0.3) is 0 Å². The number of carbonyl (C=O) groups excluding carboxylic acids is 1. The molecule has 0 spiro atoms. The number of nitrogens with one attached hydrogen (secondary N) is 1.